The molecule has 1 aromatic carbocycles. The largest absolute Gasteiger partial charge is 0.379 e. The second-order valence-electron chi connectivity index (χ2n) is 4.31. The van der Waals surface area contributed by atoms with E-state index in [2.05, 4.69) is 5.32 Å². The van der Waals surface area contributed by atoms with E-state index in [9.17, 15) is 22.0 Å². The second kappa shape index (κ2) is 5.98. The monoisotopic (exact) mass is 297 g/mol. The molecule has 1 atom stereocenters. The van der Waals surface area contributed by atoms with Gasteiger partial charge in [0.15, 0.2) is 23.3 Å². The maximum atomic E-state index is 13.4. The Labute approximate surface area is 111 Å². The Balaban J connectivity index is 2.15. The molecule has 106 valence electrons. The molecule has 2 rings (SSSR count). The van der Waals surface area contributed by atoms with Gasteiger partial charge in [0.2, 0.25) is 5.82 Å². The van der Waals surface area contributed by atoms with Crippen LogP contribution >= 0.6 is 11.8 Å². The number of benzene rings is 1. The molecule has 19 heavy (non-hydrogen) atoms. The van der Waals surface area contributed by atoms with Crippen LogP contribution in [0.15, 0.2) is 0 Å². The normalized spacial score (nSPS) is 19.5. The number of rotatable bonds is 3. The highest BCUT2D eigenvalue weighted by Gasteiger charge is 2.26. The zero-order valence-corrected chi connectivity index (χ0v) is 10.7. The number of hydrogen-bond donors (Lipinski definition) is 1. The second-order valence-corrected chi connectivity index (χ2v) is 5.72. The highest BCUT2D eigenvalue weighted by molar-refractivity contribution is 7.99. The van der Waals surface area contributed by atoms with Crippen LogP contribution in [0.3, 0.4) is 0 Å². The van der Waals surface area contributed by atoms with Gasteiger partial charge in [-0.2, -0.15) is 11.8 Å². The van der Waals surface area contributed by atoms with Crippen LogP contribution in [0.25, 0.3) is 0 Å². The van der Waals surface area contributed by atoms with Crippen LogP contribution in [-0.2, 0) is 0 Å². The molecule has 1 aliphatic heterocycles. The molecular formula is C12H12F5NS. The SMILES string of the molecule is Fc1c(F)c(F)c(NCC2CCCCS2)c(F)c1F. The standard InChI is InChI=1S/C12H12F5NS/c13-7-8(14)10(16)12(11(17)9(7)15)18-5-6-3-1-2-4-19-6/h6,18H,1-5H2. The molecule has 1 nitrogen and oxygen atoms in total. The predicted molar refractivity (Wildman–Crippen MR) is 64.8 cm³/mol. The minimum Gasteiger partial charge on any atom is -0.379 e. The van der Waals surface area contributed by atoms with Crippen LogP contribution in [0.5, 0.6) is 0 Å². The molecule has 7 heteroatoms. The Hall–Kier alpha value is -0.980. The van der Waals surface area contributed by atoms with Crippen molar-refractivity contribution in [3.05, 3.63) is 29.1 Å². The van der Waals surface area contributed by atoms with Gasteiger partial charge in [0.05, 0.1) is 0 Å². The molecule has 1 saturated heterocycles. The van der Waals surface area contributed by atoms with Gasteiger partial charge in [-0.05, 0) is 18.6 Å². The average Bonchev–Trinajstić information content (AvgIpc) is 2.44. The van der Waals surface area contributed by atoms with E-state index in [1.807, 2.05) is 0 Å². The molecule has 1 aliphatic rings. The van der Waals surface area contributed by atoms with E-state index < -0.39 is 34.8 Å². The fourth-order valence-electron chi connectivity index (χ4n) is 1.94. The number of nitrogens with one attached hydrogen (secondary N) is 1. The minimum absolute atomic E-state index is 0.128. The molecular weight excluding hydrogens is 285 g/mol. The third-order valence-electron chi connectivity index (χ3n) is 2.99. The summed E-state index contributed by atoms with van der Waals surface area (Å²) in [5, 5.41) is 2.47. The lowest BCUT2D eigenvalue weighted by Crippen LogP contribution is -2.22. The maximum absolute atomic E-state index is 13.4. The molecule has 0 amide bonds. The Kier molecular flexibility index (Phi) is 4.54. The van der Waals surface area contributed by atoms with Crippen LogP contribution in [-0.4, -0.2) is 17.5 Å². The van der Waals surface area contributed by atoms with Gasteiger partial charge >= 0.3 is 0 Å². The molecule has 1 aromatic rings. The molecule has 0 aliphatic carbocycles. The van der Waals surface area contributed by atoms with Gasteiger partial charge in [-0.1, -0.05) is 6.42 Å². The van der Waals surface area contributed by atoms with Gasteiger partial charge in [0.25, 0.3) is 0 Å². The van der Waals surface area contributed by atoms with Crippen LogP contribution in [0, 0.1) is 29.1 Å². The molecule has 1 heterocycles. The topological polar surface area (TPSA) is 12.0 Å². The zero-order chi connectivity index (χ0) is 14.0. The van der Waals surface area contributed by atoms with Crippen LogP contribution in [0.1, 0.15) is 19.3 Å². The predicted octanol–water partition coefficient (Wildman–Crippen LogP) is 4.08. The molecule has 0 radical (unpaired) electrons. The molecule has 0 spiro atoms. The third-order valence-corrected chi connectivity index (χ3v) is 4.39. The molecule has 0 saturated carbocycles. The van der Waals surface area contributed by atoms with Gasteiger partial charge in [-0.15, -0.1) is 0 Å². The van der Waals surface area contributed by atoms with Crippen molar-refractivity contribution in [1.82, 2.24) is 0 Å². The summed E-state index contributed by atoms with van der Waals surface area (Å²) in [6.45, 7) is 0.184. The Morgan fingerprint density at radius 1 is 0.895 bits per heavy atom. The summed E-state index contributed by atoms with van der Waals surface area (Å²) < 4.78 is 65.5. The van der Waals surface area contributed by atoms with E-state index in [1.165, 1.54) is 0 Å². The van der Waals surface area contributed by atoms with Crippen molar-refractivity contribution in [1.29, 1.82) is 0 Å². The molecule has 0 aromatic heterocycles. The number of anilines is 1. The first-order valence-electron chi connectivity index (χ1n) is 5.89. The lowest BCUT2D eigenvalue weighted by molar-refractivity contribution is 0.381. The summed E-state index contributed by atoms with van der Waals surface area (Å²) >= 11 is 1.64. The van der Waals surface area contributed by atoms with Gasteiger partial charge in [-0.25, -0.2) is 22.0 Å². The molecule has 1 fully saturated rings. The number of thioether (sulfide) groups is 1. The number of hydrogen-bond acceptors (Lipinski definition) is 2. The van der Waals surface area contributed by atoms with E-state index in [0.717, 1.165) is 25.0 Å². The summed E-state index contributed by atoms with van der Waals surface area (Å²) in [6.07, 6.45) is 2.97. The summed E-state index contributed by atoms with van der Waals surface area (Å²) in [5.41, 5.74) is -0.942. The van der Waals surface area contributed by atoms with Crippen LogP contribution in [0.4, 0.5) is 27.6 Å². The molecule has 1 unspecified atom stereocenters. The lowest BCUT2D eigenvalue weighted by atomic mass is 10.2. The quantitative estimate of drug-likeness (QED) is 0.512. The first kappa shape index (κ1) is 14.4. The van der Waals surface area contributed by atoms with Crippen molar-refractivity contribution in [3.63, 3.8) is 0 Å². The van der Waals surface area contributed by atoms with Gasteiger partial charge in [0.1, 0.15) is 5.69 Å². The van der Waals surface area contributed by atoms with E-state index in [4.69, 9.17) is 0 Å². The highest BCUT2D eigenvalue weighted by atomic mass is 32.2. The fraction of sp³-hybridized carbons (Fsp3) is 0.500. The van der Waals surface area contributed by atoms with Gasteiger partial charge in [0, 0.05) is 11.8 Å². The minimum atomic E-state index is -2.13. The summed E-state index contributed by atoms with van der Waals surface area (Å²) in [5.74, 6) is -8.64. The van der Waals surface area contributed by atoms with E-state index in [0.29, 0.717) is 0 Å². The van der Waals surface area contributed by atoms with Gasteiger partial charge in [-0.3, -0.25) is 0 Å². The van der Waals surface area contributed by atoms with Crippen LogP contribution in [0.2, 0.25) is 0 Å². The van der Waals surface area contributed by atoms with Gasteiger partial charge < -0.3 is 5.32 Å². The highest BCUT2D eigenvalue weighted by Crippen LogP contribution is 2.29. The Morgan fingerprint density at radius 2 is 1.47 bits per heavy atom. The van der Waals surface area contributed by atoms with E-state index in [-0.39, 0.29) is 11.8 Å². The summed E-state index contributed by atoms with van der Waals surface area (Å²) in [6, 6.07) is 0. The molecule has 1 N–H and O–H groups in total. The average molecular weight is 297 g/mol. The first-order valence-corrected chi connectivity index (χ1v) is 6.94. The fourth-order valence-corrected chi connectivity index (χ4v) is 3.18. The third kappa shape index (κ3) is 2.96. The lowest BCUT2D eigenvalue weighted by Gasteiger charge is -2.22. The maximum Gasteiger partial charge on any atom is 0.200 e. The van der Waals surface area contributed by atoms with Crippen molar-refractivity contribution in [2.75, 3.05) is 17.6 Å². The zero-order valence-electron chi connectivity index (χ0n) is 9.91. The summed E-state index contributed by atoms with van der Waals surface area (Å²) in [7, 11) is 0. The van der Waals surface area contributed by atoms with Crippen molar-refractivity contribution in [3.8, 4) is 0 Å². The van der Waals surface area contributed by atoms with Crippen molar-refractivity contribution >= 4 is 17.4 Å². The van der Waals surface area contributed by atoms with E-state index in [1.54, 1.807) is 11.8 Å². The van der Waals surface area contributed by atoms with Crippen LogP contribution < -0.4 is 5.32 Å². The van der Waals surface area contributed by atoms with Crippen molar-refractivity contribution in [2.24, 2.45) is 0 Å². The first-order chi connectivity index (χ1) is 9.02. The van der Waals surface area contributed by atoms with Crippen molar-refractivity contribution < 1.29 is 22.0 Å². The van der Waals surface area contributed by atoms with Crippen molar-refractivity contribution in [2.45, 2.75) is 24.5 Å². The summed E-state index contributed by atoms with van der Waals surface area (Å²) in [4.78, 5) is 0. The Bertz CT molecular complexity index is 445. The smallest absolute Gasteiger partial charge is 0.200 e. The number of halogens is 5. The molecule has 0 bridgehead atoms. The Morgan fingerprint density at radius 3 is 2.00 bits per heavy atom. The van der Waals surface area contributed by atoms with E-state index >= 15 is 0 Å².